The Balaban J connectivity index is 2.99. The van der Waals surface area contributed by atoms with Crippen LogP contribution in [0, 0.1) is 30.9 Å². The number of nitro benzene ring substituents is 1. The normalized spacial score (nSPS) is 11.7. The summed E-state index contributed by atoms with van der Waals surface area (Å²) < 4.78 is 6.20. The van der Waals surface area contributed by atoms with Gasteiger partial charge in [-0.05, 0) is 40.8 Å². The van der Waals surface area contributed by atoms with Crippen molar-refractivity contribution in [3.05, 3.63) is 31.4 Å². The molecule has 5 nitrogen and oxygen atoms in total. The van der Waals surface area contributed by atoms with Gasteiger partial charge in [0.05, 0.1) is 26.7 Å². The third kappa shape index (κ3) is 4.52. The summed E-state index contributed by atoms with van der Waals surface area (Å²) in [5.74, 6) is 1.17. The molecule has 0 aliphatic carbocycles. The number of hydrogen-bond acceptors (Lipinski definition) is 5. The van der Waals surface area contributed by atoms with Gasteiger partial charge in [0.15, 0.2) is 0 Å². The maximum atomic E-state index is 11.1. The van der Waals surface area contributed by atoms with E-state index in [1.807, 2.05) is 28.7 Å². The first-order valence-electron chi connectivity index (χ1n) is 6.15. The molecule has 0 amide bonds. The Kier molecular flexibility index (Phi) is 7.09. The maximum Gasteiger partial charge on any atom is 0.313 e. The number of thiol groups is 1. The topological polar surface area (TPSA) is 76.2 Å². The van der Waals surface area contributed by atoms with Crippen molar-refractivity contribution in [2.24, 2.45) is 5.92 Å². The molecule has 20 heavy (non-hydrogen) atoms. The molecule has 108 valence electrons. The molecule has 1 aromatic carbocycles. The maximum absolute atomic E-state index is 11.1. The van der Waals surface area contributed by atoms with Crippen molar-refractivity contribution in [3.63, 3.8) is 0 Å². The fourth-order valence-corrected chi connectivity index (χ4v) is 2.81. The molecular weight excluding hydrogens is 391 g/mol. The molecule has 0 N–H and O–H groups in total. The summed E-state index contributed by atoms with van der Waals surface area (Å²) in [7, 11) is 0. The van der Waals surface area contributed by atoms with Crippen LogP contribution < -0.4 is 4.74 Å². The molecule has 1 aromatic rings. The molecule has 0 fully saturated rings. The largest absolute Gasteiger partial charge is 0.486 e. The van der Waals surface area contributed by atoms with Crippen molar-refractivity contribution in [1.82, 2.24) is 0 Å². The Hall–Kier alpha value is -1.01. The minimum atomic E-state index is -0.520. The third-order valence-corrected chi connectivity index (χ3v) is 4.09. The molecule has 0 radical (unpaired) electrons. The van der Waals surface area contributed by atoms with Gasteiger partial charge in [-0.2, -0.15) is 17.9 Å². The van der Waals surface area contributed by atoms with Crippen LogP contribution in [-0.2, 0) is 0 Å². The number of ether oxygens (including phenoxy) is 1. The number of nitriles is 1. The summed E-state index contributed by atoms with van der Waals surface area (Å²) in [6.45, 7) is 2.46. The number of rotatable bonds is 7. The molecular formula is C13H15IN2O3S. The highest BCUT2D eigenvalue weighted by Crippen LogP contribution is 2.34. The van der Waals surface area contributed by atoms with Gasteiger partial charge in [-0.3, -0.25) is 10.1 Å². The molecule has 1 unspecified atom stereocenters. The fourth-order valence-electron chi connectivity index (χ4n) is 1.76. The Labute approximate surface area is 137 Å². The average molecular weight is 406 g/mol. The lowest BCUT2D eigenvalue weighted by Gasteiger charge is -2.15. The van der Waals surface area contributed by atoms with Crippen LogP contribution >= 0.6 is 35.2 Å². The minimum absolute atomic E-state index is 0.164. The van der Waals surface area contributed by atoms with Crippen LogP contribution in [-0.4, -0.2) is 17.3 Å². The van der Waals surface area contributed by atoms with Gasteiger partial charge in [0, 0.05) is 12.0 Å². The van der Waals surface area contributed by atoms with E-state index in [1.54, 1.807) is 6.07 Å². The van der Waals surface area contributed by atoms with Crippen LogP contribution in [0.5, 0.6) is 5.75 Å². The Bertz CT molecular complexity index is 531. The van der Waals surface area contributed by atoms with E-state index in [9.17, 15) is 10.1 Å². The number of benzene rings is 1. The Morgan fingerprint density at radius 1 is 1.60 bits per heavy atom. The summed E-state index contributed by atoms with van der Waals surface area (Å²) in [5, 5.41) is 19.9. The molecule has 0 aliphatic rings. The van der Waals surface area contributed by atoms with Gasteiger partial charge in [-0.15, -0.1) is 0 Å². The third-order valence-electron chi connectivity index (χ3n) is 2.77. The summed E-state index contributed by atoms with van der Waals surface area (Å²) >= 11 is 6.21. The van der Waals surface area contributed by atoms with Gasteiger partial charge >= 0.3 is 5.69 Å². The first-order valence-corrected chi connectivity index (χ1v) is 7.86. The molecule has 0 aromatic heterocycles. The van der Waals surface area contributed by atoms with Crippen molar-refractivity contribution in [2.75, 3.05) is 12.4 Å². The summed E-state index contributed by atoms with van der Waals surface area (Å²) in [4.78, 5) is 10.6. The highest BCUT2D eigenvalue weighted by Gasteiger charge is 2.21. The van der Waals surface area contributed by atoms with E-state index in [0.29, 0.717) is 15.9 Å². The lowest BCUT2D eigenvalue weighted by molar-refractivity contribution is -0.386. The van der Waals surface area contributed by atoms with Crippen LogP contribution in [0.25, 0.3) is 0 Å². The molecule has 1 rings (SSSR count). The summed E-state index contributed by atoms with van der Waals surface area (Å²) in [6, 6.07) is 4.73. The monoisotopic (exact) mass is 406 g/mol. The number of nitro groups is 1. The van der Waals surface area contributed by atoms with E-state index in [2.05, 4.69) is 19.6 Å². The van der Waals surface area contributed by atoms with E-state index in [4.69, 9.17) is 10.00 Å². The van der Waals surface area contributed by atoms with Crippen LogP contribution in [0.3, 0.4) is 0 Å². The van der Waals surface area contributed by atoms with Crippen molar-refractivity contribution in [3.8, 4) is 11.8 Å². The highest BCUT2D eigenvalue weighted by atomic mass is 127. The second kappa shape index (κ2) is 8.32. The minimum Gasteiger partial charge on any atom is -0.486 e. The molecule has 0 aliphatic heterocycles. The van der Waals surface area contributed by atoms with Crippen LogP contribution in [0.2, 0.25) is 0 Å². The molecule has 0 saturated carbocycles. The SMILES string of the molecule is CCCC(CS)COc1c(I)cc(C#N)cc1[N+](=O)[O-]. The molecule has 1 atom stereocenters. The summed E-state index contributed by atoms with van der Waals surface area (Å²) in [6.07, 6.45) is 1.98. The van der Waals surface area contributed by atoms with Crippen molar-refractivity contribution >= 4 is 40.9 Å². The predicted molar refractivity (Wildman–Crippen MR) is 88.3 cm³/mol. The van der Waals surface area contributed by atoms with E-state index < -0.39 is 4.92 Å². The average Bonchev–Trinajstić information content (AvgIpc) is 2.43. The van der Waals surface area contributed by atoms with Crippen molar-refractivity contribution in [2.45, 2.75) is 19.8 Å². The van der Waals surface area contributed by atoms with Crippen molar-refractivity contribution < 1.29 is 9.66 Å². The molecule has 0 spiro atoms. The molecule has 0 heterocycles. The standard InChI is InChI=1S/C13H15IN2O3S/c1-2-3-9(8-20)7-19-13-11(14)4-10(6-15)5-12(13)16(17)18/h4-5,9,20H,2-3,7-8H2,1H3. The van der Waals surface area contributed by atoms with Crippen LogP contribution in [0.15, 0.2) is 12.1 Å². The molecule has 7 heteroatoms. The number of hydrogen-bond donors (Lipinski definition) is 1. The van der Waals surface area contributed by atoms with Gasteiger partial charge < -0.3 is 4.74 Å². The second-order valence-corrected chi connectivity index (χ2v) is 5.85. The quantitative estimate of drug-likeness (QED) is 0.324. The fraction of sp³-hybridized carbons (Fsp3) is 0.462. The lowest BCUT2D eigenvalue weighted by atomic mass is 10.1. The predicted octanol–water partition coefficient (Wildman–Crippen LogP) is 3.80. The van der Waals surface area contributed by atoms with Crippen LogP contribution in [0.4, 0.5) is 5.69 Å². The number of halogens is 1. The highest BCUT2D eigenvalue weighted by molar-refractivity contribution is 14.1. The smallest absolute Gasteiger partial charge is 0.313 e. The Morgan fingerprint density at radius 2 is 2.30 bits per heavy atom. The Morgan fingerprint density at radius 3 is 2.80 bits per heavy atom. The van der Waals surface area contributed by atoms with Crippen LogP contribution in [0.1, 0.15) is 25.3 Å². The summed E-state index contributed by atoms with van der Waals surface area (Å²) in [5.41, 5.74) is 0.0932. The van der Waals surface area contributed by atoms with Crippen molar-refractivity contribution in [1.29, 1.82) is 5.26 Å². The second-order valence-electron chi connectivity index (χ2n) is 4.32. The zero-order valence-electron chi connectivity index (χ0n) is 11.0. The molecule has 0 saturated heterocycles. The van der Waals surface area contributed by atoms with Gasteiger partial charge in [-0.25, -0.2) is 0 Å². The molecule has 0 bridgehead atoms. The van der Waals surface area contributed by atoms with Gasteiger partial charge in [0.25, 0.3) is 0 Å². The zero-order valence-corrected chi connectivity index (χ0v) is 14.1. The number of nitrogens with zero attached hydrogens (tertiary/aromatic N) is 2. The van der Waals surface area contributed by atoms with E-state index in [0.717, 1.165) is 12.8 Å². The zero-order chi connectivity index (χ0) is 15.1. The van der Waals surface area contributed by atoms with E-state index in [1.165, 1.54) is 6.07 Å². The first kappa shape index (κ1) is 17.0. The van der Waals surface area contributed by atoms with E-state index >= 15 is 0 Å². The lowest BCUT2D eigenvalue weighted by Crippen LogP contribution is -2.14. The van der Waals surface area contributed by atoms with E-state index in [-0.39, 0.29) is 22.9 Å². The van der Waals surface area contributed by atoms with Gasteiger partial charge in [-0.1, -0.05) is 13.3 Å². The van der Waals surface area contributed by atoms with Gasteiger partial charge in [0.2, 0.25) is 5.75 Å². The first-order chi connectivity index (χ1) is 9.53. The van der Waals surface area contributed by atoms with Gasteiger partial charge in [0.1, 0.15) is 0 Å².